The molecule has 2 aliphatic rings. The Bertz CT molecular complexity index is 953. The van der Waals surface area contributed by atoms with E-state index in [9.17, 15) is 4.79 Å². The fourth-order valence-electron chi connectivity index (χ4n) is 3.73. The fraction of sp³-hybridized carbons (Fsp3) is 0.364. The number of fused-ring (bicyclic) bond motifs is 1. The summed E-state index contributed by atoms with van der Waals surface area (Å²) < 4.78 is 6.19. The summed E-state index contributed by atoms with van der Waals surface area (Å²) in [6.45, 7) is 3.65. The van der Waals surface area contributed by atoms with E-state index < -0.39 is 0 Å². The first-order valence-electron chi connectivity index (χ1n) is 9.95. The van der Waals surface area contributed by atoms with E-state index in [1.165, 1.54) is 6.21 Å². The molecule has 0 radical (unpaired) electrons. The zero-order chi connectivity index (χ0) is 20.4. The molecule has 1 amide bonds. The minimum atomic E-state index is 0.00914. The third-order valence-corrected chi connectivity index (χ3v) is 5.35. The number of nitrogens with one attached hydrogen (secondary N) is 2. The topological polar surface area (TPSA) is 91.2 Å². The van der Waals surface area contributed by atoms with Crippen LogP contribution in [0.4, 0.5) is 5.69 Å². The summed E-state index contributed by atoms with van der Waals surface area (Å²) in [5.41, 5.74) is 3.35. The molecule has 1 aliphatic heterocycles. The summed E-state index contributed by atoms with van der Waals surface area (Å²) in [5.74, 6) is 1.03. The van der Waals surface area contributed by atoms with Crippen LogP contribution in [-0.2, 0) is 11.2 Å². The van der Waals surface area contributed by atoms with Crippen LogP contribution < -0.4 is 15.0 Å². The monoisotopic (exact) mass is 391 g/mol. The van der Waals surface area contributed by atoms with Crippen LogP contribution in [0.3, 0.4) is 0 Å². The van der Waals surface area contributed by atoms with E-state index in [0.29, 0.717) is 17.7 Å². The molecule has 1 aliphatic carbocycles. The highest BCUT2D eigenvalue weighted by Crippen LogP contribution is 2.42. The molecule has 0 bridgehead atoms. The second-order valence-electron chi connectivity index (χ2n) is 7.55. The quantitative estimate of drug-likeness (QED) is 0.733. The Morgan fingerprint density at radius 2 is 2.14 bits per heavy atom. The molecule has 2 heterocycles. The highest BCUT2D eigenvalue weighted by Gasteiger charge is 2.30. The van der Waals surface area contributed by atoms with Crippen LogP contribution in [0.25, 0.3) is 5.57 Å². The van der Waals surface area contributed by atoms with Crippen LogP contribution in [-0.4, -0.2) is 34.2 Å². The zero-order valence-electron chi connectivity index (χ0n) is 16.7. The lowest BCUT2D eigenvalue weighted by Crippen LogP contribution is -2.40. The van der Waals surface area contributed by atoms with E-state index in [1.54, 1.807) is 25.5 Å². The van der Waals surface area contributed by atoms with Crippen LogP contribution in [0.2, 0.25) is 0 Å². The Morgan fingerprint density at radius 1 is 1.31 bits per heavy atom. The van der Waals surface area contributed by atoms with E-state index >= 15 is 0 Å². The van der Waals surface area contributed by atoms with Crippen molar-refractivity contribution in [3.05, 3.63) is 48.1 Å². The minimum absolute atomic E-state index is 0.00914. The summed E-state index contributed by atoms with van der Waals surface area (Å²) in [5, 5.41) is 11.3. The molecule has 2 N–H and O–H groups in total. The van der Waals surface area contributed by atoms with Crippen molar-refractivity contribution < 1.29 is 9.53 Å². The largest absolute Gasteiger partial charge is 0.436 e. The van der Waals surface area contributed by atoms with Crippen molar-refractivity contribution in [3.63, 3.8) is 0 Å². The molecular formula is C22H25N5O2. The number of carbonyl (C=O) groups excluding carboxylic acids is 1. The van der Waals surface area contributed by atoms with Crippen molar-refractivity contribution in [1.29, 1.82) is 5.41 Å². The number of nitrogens with zero attached hydrogens (tertiary/aromatic N) is 3. The van der Waals surface area contributed by atoms with Crippen molar-refractivity contribution in [2.75, 3.05) is 4.90 Å². The van der Waals surface area contributed by atoms with Gasteiger partial charge in [0, 0.05) is 60.5 Å². The van der Waals surface area contributed by atoms with Crippen molar-refractivity contribution in [3.8, 4) is 11.6 Å². The summed E-state index contributed by atoms with van der Waals surface area (Å²) in [7, 11) is 0. The summed E-state index contributed by atoms with van der Waals surface area (Å²) in [4.78, 5) is 22.5. The number of carbonyl (C=O) groups is 1. The standard InChI is InChI=1S/C22H25N5O2/c1-14-3-6-19-20(27(14)15(2)28)8-7-18(16(11-23)12-26-17-4-5-17)22(19)29-21-13-24-9-10-25-21/h7-14,17,23,26H,3-6H2,1-2H3/b16-12+,23-11?. The lowest BCUT2D eigenvalue weighted by atomic mass is 9.92. The number of hydrogen-bond donors (Lipinski definition) is 2. The molecule has 0 saturated heterocycles. The van der Waals surface area contributed by atoms with E-state index in [4.69, 9.17) is 10.1 Å². The van der Waals surface area contributed by atoms with Gasteiger partial charge in [-0.25, -0.2) is 4.98 Å². The van der Waals surface area contributed by atoms with Crippen LogP contribution in [0.5, 0.6) is 11.6 Å². The fourth-order valence-corrected chi connectivity index (χ4v) is 3.73. The van der Waals surface area contributed by atoms with Crippen LogP contribution in [0.15, 0.2) is 36.9 Å². The van der Waals surface area contributed by atoms with Crippen molar-refractivity contribution >= 4 is 23.4 Å². The number of amides is 1. The molecule has 7 nitrogen and oxygen atoms in total. The first-order chi connectivity index (χ1) is 14.1. The van der Waals surface area contributed by atoms with Crippen molar-refractivity contribution in [2.45, 2.75) is 51.6 Å². The van der Waals surface area contributed by atoms with Crippen LogP contribution in [0.1, 0.15) is 44.2 Å². The van der Waals surface area contributed by atoms with Gasteiger partial charge in [-0.1, -0.05) is 0 Å². The highest BCUT2D eigenvalue weighted by atomic mass is 16.5. The van der Waals surface area contributed by atoms with Gasteiger partial charge in [0.15, 0.2) is 0 Å². The molecule has 7 heteroatoms. The number of allylic oxidation sites excluding steroid dienone is 1. The second kappa shape index (κ2) is 8.03. The molecule has 1 atom stereocenters. The molecule has 1 fully saturated rings. The maximum absolute atomic E-state index is 12.3. The molecule has 2 aromatic rings. The molecule has 29 heavy (non-hydrogen) atoms. The highest BCUT2D eigenvalue weighted by molar-refractivity contribution is 6.10. The van der Waals surface area contributed by atoms with Crippen LogP contribution >= 0.6 is 0 Å². The van der Waals surface area contributed by atoms with Gasteiger partial charge in [0.2, 0.25) is 11.8 Å². The van der Waals surface area contributed by atoms with Crippen molar-refractivity contribution in [1.82, 2.24) is 15.3 Å². The third kappa shape index (κ3) is 3.99. The number of ether oxygens (including phenoxy) is 1. The van der Waals surface area contributed by atoms with E-state index in [0.717, 1.165) is 48.1 Å². The van der Waals surface area contributed by atoms with Gasteiger partial charge < -0.3 is 20.4 Å². The van der Waals surface area contributed by atoms with Gasteiger partial charge in [0.05, 0.1) is 11.9 Å². The van der Waals surface area contributed by atoms with E-state index in [-0.39, 0.29) is 11.9 Å². The number of aromatic nitrogens is 2. The van der Waals surface area contributed by atoms with Gasteiger partial charge in [-0.3, -0.25) is 9.78 Å². The summed E-state index contributed by atoms with van der Waals surface area (Å²) in [6.07, 6.45) is 11.9. The predicted octanol–water partition coefficient (Wildman–Crippen LogP) is 3.70. The Morgan fingerprint density at radius 3 is 2.79 bits per heavy atom. The SMILES string of the molecule is CC(=O)N1c2ccc(/C(C=N)=C/NC3CC3)c(Oc3cnccn3)c2CCC1C. The van der Waals surface area contributed by atoms with Crippen LogP contribution in [0, 0.1) is 5.41 Å². The molecule has 1 aromatic heterocycles. The van der Waals surface area contributed by atoms with Gasteiger partial charge in [-0.2, -0.15) is 0 Å². The molecule has 1 unspecified atom stereocenters. The molecule has 4 rings (SSSR count). The average molecular weight is 391 g/mol. The third-order valence-electron chi connectivity index (χ3n) is 5.35. The lowest BCUT2D eigenvalue weighted by molar-refractivity contribution is -0.117. The number of rotatable bonds is 6. The Labute approximate surface area is 170 Å². The average Bonchev–Trinajstić information content (AvgIpc) is 3.54. The number of hydrogen-bond acceptors (Lipinski definition) is 6. The summed E-state index contributed by atoms with van der Waals surface area (Å²) >= 11 is 0. The molecule has 1 aromatic carbocycles. The van der Waals surface area contributed by atoms with Gasteiger partial charge in [0.25, 0.3) is 0 Å². The maximum atomic E-state index is 12.3. The van der Waals surface area contributed by atoms with Gasteiger partial charge in [-0.15, -0.1) is 0 Å². The Hall–Kier alpha value is -3.22. The van der Waals surface area contributed by atoms with Crippen molar-refractivity contribution in [2.24, 2.45) is 0 Å². The summed E-state index contributed by atoms with van der Waals surface area (Å²) in [6, 6.07) is 4.49. The van der Waals surface area contributed by atoms with Gasteiger partial charge in [0.1, 0.15) is 5.75 Å². The second-order valence-corrected chi connectivity index (χ2v) is 7.55. The first kappa shape index (κ1) is 19.1. The first-order valence-corrected chi connectivity index (χ1v) is 9.95. The Kier molecular flexibility index (Phi) is 5.29. The van der Waals surface area contributed by atoms with E-state index in [1.807, 2.05) is 23.2 Å². The minimum Gasteiger partial charge on any atom is -0.436 e. The molecule has 0 spiro atoms. The maximum Gasteiger partial charge on any atom is 0.237 e. The van der Waals surface area contributed by atoms with E-state index in [2.05, 4.69) is 22.2 Å². The van der Waals surface area contributed by atoms with Gasteiger partial charge in [-0.05, 0) is 44.7 Å². The smallest absolute Gasteiger partial charge is 0.237 e. The lowest BCUT2D eigenvalue weighted by Gasteiger charge is -2.36. The number of benzene rings is 1. The Balaban J connectivity index is 1.83. The predicted molar refractivity (Wildman–Crippen MR) is 112 cm³/mol. The normalized spacial score (nSPS) is 18.8. The molecular weight excluding hydrogens is 366 g/mol. The van der Waals surface area contributed by atoms with Gasteiger partial charge >= 0.3 is 0 Å². The zero-order valence-corrected chi connectivity index (χ0v) is 16.7. The molecule has 150 valence electrons. The number of anilines is 1. The molecule has 1 saturated carbocycles.